The van der Waals surface area contributed by atoms with Crippen LogP contribution in [-0.2, 0) is 6.54 Å². The van der Waals surface area contributed by atoms with Crippen LogP contribution < -0.4 is 0 Å². The van der Waals surface area contributed by atoms with Gasteiger partial charge in [-0.1, -0.05) is 32.9 Å². The predicted molar refractivity (Wildman–Crippen MR) is 93.8 cm³/mol. The molecule has 3 heteroatoms. The van der Waals surface area contributed by atoms with E-state index >= 15 is 0 Å². The van der Waals surface area contributed by atoms with Gasteiger partial charge in [-0.2, -0.15) is 0 Å². The van der Waals surface area contributed by atoms with Gasteiger partial charge in [0.05, 0.1) is 22.9 Å². The molecule has 120 valence electrons. The lowest BCUT2D eigenvalue weighted by atomic mass is 9.91. The lowest BCUT2D eigenvalue weighted by Gasteiger charge is -2.37. The maximum atomic E-state index is 4.77. The van der Waals surface area contributed by atoms with Gasteiger partial charge in [-0.05, 0) is 51.3 Å². The van der Waals surface area contributed by atoms with E-state index in [-0.39, 0.29) is 5.54 Å². The standard InChI is InChI=1S/C19H29N3/c1-18(2,3)11-12-22(19(4,5)6)14-15-13-20-16-9-7-8-10-17(16)21-15/h7-10,13H,11-12,14H2,1-6H3. The Bertz CT molecular complexity index is 620. The Morgan fingerprint density at radius 1 is 0.955 bits per heavy atom. The highest BCUT2D eigenvalue weighted by Gasteiger charge is 2.24. The average molecular weight is 299 g/mol. The summed E-state index contributed by atoms with van der Waals surface area (Å²) in [7, 11) is 0. The Morgan fingerprint density at radius 3 is 2.18 bits per heavy atom. The molecular formula is C19H29N3. The molecule has 0 atom stereocenters. The SMILES string of the molecule is CC(C)(C)CCN(Cc1cnc2ccccc2n1)C(C)(C)C. The Labute approximate surface area is 134 Å². The van der Waals surface area contributed by atoms with E-state index < -0.39 is 0 Å². The van der Waals surface area contributed by atoms with Gasteiger partial charge >= 0.3 is 0 Å². The van der Waals surface area contributed by atoms with Crippen molar-refractivity contribution in [2.45, 2.75) is 60.0 Å². The van der Waals surface area contributed by atoms with E-state index in [0.717, 1.165) is 29.8 Å². The highest BCUT2D eigenvalue weighted by Crippen LogP contribution is 2.24. The van der Waals surface area contributed by atoms with Crippen LogP contribution in [0.4, 0.5) is 0 Å². The van der Waals surface area contributed by atoms with Crippen molar-refractivity contribution in [2.24, 2.45) is 5.41 Å². The Balaban J connectivity index is 2.17. The van der Waals surface area contributed by atoms with Crippen LogP contribution in [0.5, 0.6) is 0 Å². The summed E-state index contributed by atoms with van der Waals surface area (Å²) in [5.41, 5.74) is 3.45. The van der Waals surface area contributed by atoms with Crippen molar-refractivity contribution in [3.63, 3.8) is 0 Å². The highest BCUT2D eigenvalue weighted by atomic mass is 15.2. The van der Waals surface area contributed by atoms with Crippen molar-refractivity contribution in [1.82, 2.24) is 14.9 Å². The van der Waals surface area contributed by atoms with Crippen LogP contribution in [0.25, 0.3) is 11.0 Å². The zero-order chi connectivity index (χ0) is 16.4. The van der Waals surface area contributed by atoms with Gasteiger partial charge in [0.25, 0.3) is 0 Å². The molecular weight excluding hydrogens is 270 g/mol. The molecule has 0 amide bonds. The third-order valence-corrected chi connectivity index (χ3v) is 3.93. The zero-order valence-corrected chi connectivity index (χ0v) is 14.8. The summed E-state index contributed by atoms with van der Waals surface area (Å²) in [6.07, 6.45) is 3.09. The third-order valence-electron chi connectivity index (χ3n) is 3.93. The Hall–Kier alpha value is -1.48. The van der Waals surface area contributed by atoms with Crippen molar-refractivity contribution in [1.29, 1.82) is 0 Å². The summed E-state index contributed by atoms with van der Waals surface area (Å²) in [5.74, 6) is 0. The predicted octanol–water partition coefficient (Wildman–Crippen LogP) is 4.67. The van der Waals surface area contributed by atoms with Gasteiger partial charge in [-0.25, -0.2) is 4.98 Å². The van der Waals surface area contributed by atoms with E-state index in [4.69, 9.17) is 4.98 Å². The largest absolute Gasteiger partial charge is 0.293 e. The summed E-state index contributed by atoms with van der Waals surface area (Å²) < 4.78 is 0. The van der Waals surface area contributed by atoms with Crippen molar-refractivity contribution < 1.29 is 0 Å². The van der Waals surface area contributed by atoms with Crippen molar-refractivity contribution in [3.05, 3.63) is 36.2 Å². The van der Waals surface area contributed by atoms with Crippen LogP contribution in [0.2, 0.25) is 0 Å². The minimum atomic E-state index is 0.124. The number of aromatic nitrogens is 2. The van der Waals surface area contributed by atoms with Crippen molar-refractivity contribution in [3.8, 4) is 0 Å². The molecule has 3 nitrogen and oxygen atoms in total. The van der Waals surface area contributed by atoms with Crippen LogP contribution in [0.3, 0.4) is 0 Å². The molecule has 0 fully saturated rings. The fourth-order valence-corrected chi connectivity index (χ4v) is 2.39. The van der Waals surface area contributed by atoms with Crippen LogP contribution in [-0.4, -0.2) is 27.0 Å². The highest BCUT2D eigenvalue weighted by molar-refractivity contribution is 5.73. The molecule has 2 aromatic rings. The van der Waals surface area contributed by atoms with Crippen LogP contribution >= 0.6 is 0 Å². The monoisotopic (exact) mass is 299 g/mol. The van der Waals surface area contributed by atoms with Gasteiger partial charge in [0.15, 0.2) is 0 Å². The fourth-order valence-electron chi connectivity index (χ4n) is 2.39. The first-order valence-electron chi connectivity index (χ1n) is 8.11. The number of nitrogens with zero attached hydrogens (tertiary/aromatic N) is 3. The second-order valence-electron chi connectivity index (χ2n) is 8.25. The van der Waals surface area contributed by atoms with E-state index in [1.807, 2.05) is 30.5 Å². The first-order valence-corrected chi connectivity index (χ1v) is 8.11. The number of hydrogen-bond acceptors (Lipinski definition) is 3. The summed E-state index contributed by atoms with van der Waals surface area (Å²) >= 11 is 0. The van der Waals surface area contributed by atoms with Gasteiger partial charge in [0, 0.05) is 12.1 Å². The fraction of sp³-hybridized carbons (Fsp3) is 0.579. The molecule has 0 saturated carbocycles. The molecule has 22 heavy (non-hydrogen) atoms. The second-order valence-corrected chi connectivity index (χ2v) is 8.25. The minimum Gasteiger partial charge on any atom is -0.293 e. The molecule has 0 aliphatic heterocycles. The lowest BCUT2D eigenvalue weighted by Crippen LogP contribution is -2.42. The molecule has 0 radical (unpaired) electrons. The number of para-hydroxylation sites is 2. The smallest absolute Gasteiger partial charge is 0.0890 e. The molecule has 1 aromatic carbocycles. The summed E-state index contributed by atoms with van der Waals surface area (Å²) in [6, 6.07) is 8.05. The minimum absolute atomic E-state index is 0.124. The van der Waals surface area contributed by atoms with Crippen molar-refractivity contribution in [2.75, 3.05) is 6.54 Å². The quantitative estimate of drug-likeness (QED) is 0.821. The Morgan fingerprint density at radius 2 is 1.59 bits per heavy atom. The molecule has 1 heterocycles. The lowest BCUT2D eigenvalue weighted by molar-refractivity contribution is 0.109. The van der Waals surface area contributed by atoms with Gasteiger partial charge in [-0.3, -0.25) is 9.88 Å². The molecule has 2 rings (SSSR count). The number of rotatable bonds is 4. The maximum Gasteiger partial charge on any atom is 0.0890 e. The molecule has 0 bridgehead atoms. The second kappa shape index (κ2) is 6.33. The number of hydrogen-bond donors (Lipinski definition) is 0. The van der Waals surface area contributed by atoms with E-state index in [9.17, 15) is 0 Å². The molecule has 1 aromatic heterocycles. The third kappa shape index (κ3) is 4.77. The first kappa shape index (κ1) is 16.9. The first-order chi connectivity index (χ1) is 10.1. The molecule has 0 aliphatic rings. The van der Waals surface area contributed by atoms with E-state index in [0.29, 0.717) is 5.41 Å². The van der Waals surface area contributed by atoms with Gasteiger partial charge in [-0.15, -0.1) is 0 Å². The summed E-state index contributed by atoms with van der Waals surface area (Å²) in [5, 5.41) is 0. The number of fused-ring (bicyclic) bond motifs is 1. The summed E-state index contributed by atoms with van der Waals surface area (Å²) in [6.45, 7) is 15.6. The summed E-state index contributed by atoms with van der Waals surface area (Å²) in [4.78, 5) is 11.8. The topological polar surface area (TPSA) is 29.0 Å². The molecule has 0 aliphatic carbocycles. The van der Waals surface area contributed by atoms with Crippen molar-refractivity contribution >= 4 is 11.0 Å². The van der Waals surface area contributed by atoms with Crippen LogP contribution in [0.15, 0.2) is 30.5 Å². The number of benzene rings is 1. The van der Waals surface area contributed by atoms with Gasteiger partial charge in [0.1, 0.15) is 0 Å². The molecule has 0 N–H and O–H groups in total. The van der Waals surface area contributed by atoms with Gasteiger partial charge in [0.2, 0.25) is 0 Å². The Kier molecular flexibility index (Phi) is 4.86. The molecule has 0 unspecified atom stereocenters. The maximum absolute atomic E-state index is 4.77. The van der Waals surface area contributed by atoms with Crippen LogP contribution in [0.1, 0.15) is 53.7 Å². The van der Waals surface area contributed by atoms with E-state index in [1.165, 1.54) is 6.42 Å². The van der Waals surface area contributed by atoms with Crippen LogP contribution in [0, 0.1) is 5.41 Å². The molecule has 0 saturated heterocycles. The molecule has 0 spiro atoms. The zero-order valence-electron chi connectivity index (χ0n) is 14.8. The average Bonchev–Trinajstić information content (AvgIpc) is 2.41. The normalized spacial score (nSPS) is 13.0. The van der Waals surface area contributed by atoms with Gasteiger partial charge < -0.3 is 0 Å². The van der Waals surface area contributed by atoms with E-state index in [2.05, 4.69) is 51.4 Å². The van der Waals surface area contributed by atoms with E-state index in [1.54, 1.807) is 0 Å².